The summed E-state index contributed by atoms with van der Waals surface area (Å²) in [6, 6.07) is 0. The normalized spacial score (nSPS) is 9.56. The zero-order valence-corrected chi connectivity index (χ0v) is 5.77. The van der Waals surface area contributed by atoms with Gasteiger partial charge in [0.15, 0.2) is 0 Å². The lowest BCUT2D eigenvalue weighted by molar-refractivity contribution is 0.531. The van der Waals surface area contributed by atoms with Crippen LogP contribution >= 0.6 is 0 Å². The highest BCUT2D eigenvalue weighted by atomic mass is 16.3. The van der Waals surface area contributed by atoms with Crippen LogP contribution in [-0.4, -0.2) is 0 Å². The van der Waals surface area contributed by atoms with Gasteiger partial charge in [0.25, 0.3) is 0 Å². The molecule has 0 spiro atoms. The Kier molecular flexibility index (Phi) is 1.43. The largest absolute Gasteiger partial charge is 0.469 e. The van der Waals surface area contributed by atoms with Crippen molar-refractivity contribution in [1.82, 2.24) is 0 Å². The van der Waals surface area contributed by atoms with Crippen LogP contribution < -0.4 is 0 Å². The summed E-state index contributed by atoms with van der Waals surface area (Å²) in [4.78, 5) is 0. The van der Waals surface area contributed by atoms with E-state index in [2.05, 4.69) is 6.58 Å². The van der Waals surface area contributed by atoms with E-state index >= 15 is 0 Å². The predicted octanol–water partition coefficient (Wildman–Crippen LogP) is 2.54. The molecule has 0 aliphatic heterocycles. The second kappa shape index (κ2) is 2.09. The lowest BCUT2D eigenvalue weighted by Crippen LogP contribution is -1.71. The molecule has 0 bridgehead atoms. The van der Waals surface area contributed by atoms with Crippen LogP contribution in [0, 0.1) is 13.8 Å². The average Bonchev–Trinajstić information content (AvgIpc) is 2.15. The van der Waals surface area contributed by atoms with Crippen LogP contribution in [-0.2, 0) is 0 Å². The molecule has 0 radical (unpaired) electrons. The van der Waals surface area contributed by atoms with E-state index in [0.29, 0.717) is 0 Å². The van der Waals surface area contributed by atoms with Crippen molar-refractivity contribution in [2.45, 2.75) is 13.8 Å². The summed E-state index contributed by atoms with van der Waals surface area (Å²) >= 11 is 0. The maximum atomic E-state index is 5.11. The number of hydrogen-bond donors (Lipinski definition) is 0. The van der Waals surface area contributed by atoms with Crippen molar-refractivity contribution in [2.75, 3.05) is 0 Å². The Hall–Kier alpha value is -0.980. The Labute approximate surface area is 55.0 Å². The van der Waals surface area contributed by atoms with Crippen molar-refractivity contribution >= 4 is 6.08 Å². The summed E-state index contributed by atoms with van der Waals surface area (Å²) in [5.74, 6) is 0.977. The van der Waals surface area contributed by atoms with Gasteiger partial charge >= 0.3 is 0 Å². The highest BCUT2D eigenvalue weighted by Crippen LogP contribution is 2.14. The fraction of sp³-hybridized carbons (Fsp3) is 0.250. The summed E-state index contributed by atoms with van der Waals surface area (Å²) in [6.07, 6.45) is 3.52. The molecule has 1 heterocycles. The van der Waals surface area contributed by atoms with Crippen molar-refractivity contribution in [3.8, 4) is 0 Å². The van der Waals surface area contributed by atoms with Crippen molar-refractivity contribution in [1.29, 1.82) is 0 Å². The molecule has 1 nitrogen and oxygen atoms in total. The fourth-order valence-corrected chi connectivity index (χ4v) is 0.733. The molecule has 48 valence electrons. The van der Waals surface area contributed by atoms with Crippen LogP contribution in [0.15, 0.2) is 17.3 Å². The predicted molar refractivity (Wildman–Crippen MR) is 38.3 cm³/mol. The van der Waals surface area contributed by atoms with Gasteiger partial charge in [-0.25, -0.2) is 0 Å². The minimum Gasteiger partial charge on any atom is -0.469 e. The number of hydrogen-bond acceptors (Lipinski definition) is 1. The molecule has 0 fully saturated rings. The summed E-state index contributed by atoms with van der Waals surface area (Å²) in [5.41, 5.74) is 2.28. The molecule has 0 aliphatic carbocycles. The second-order valence-electron chi connectivity index (χ2n) is 2.08. The van der Waals surface area contributed by atoms with Crippen LogP contribution in [0.2, 0.25) is 0 Å². The van der Waals surface area contributed by atoms with Gasteiger partial charge in [-0.1, -0.05) is 12.7 Å². The van der Waals surface area contributed by atoms with Crippen LogP contribution in [0.1, 0.15) is 16.9 Å². The monoisotopic (exact) mass is 122 g/mol. The zero-order valence-electron chi connectivity index (χ0n) is 5.77. The molecule has 0 amide bonds. The summed E-state index contributed by atoms with van der Waals surface area (Å²) < 4.78 is 5.11. The number of furan rings is 1. The SMILES string of the molecule is C=Cc1coc(C)c1C. The molecular formula is C8H10O. The van der Waals surface area contributed by atoms with Crippen molar-refractivity contribution in [2.24, 2.45) is 0 Å². The molecule has 1 heteroatoms. The topological polar surface area (TPSA) is 13.1 Å². The Morgan fingerprint density at radius 3 is 2.44 bits per heavy atom. The maximum Gasteiger partial charge on any atom is 0.104 e. The Morgan fingerprint density at radius 1 is 1.56 bits per heavy atom. The van der Waals surface area contributed by atoms with Gasteiger partial charge in [0, 0.05) is 5.56 Å². The lowest BCUT2D eigenvalue weighted by atomic mass is 10.2. The number of rotatable bonds is 1. The second-order valence-corrected chi connectivity index (χ2v) is 2.08. The van der Waals surface area contributed by atoms with Gasteiger partial charge in [0.2, 0.25) is 0 Å². The van der Waals surface area contributed by atoms with E-state index < -0.39 is 0 Å². The molecule has 0 saturated heterocycles. The van der Waals surface area contributed by atoms with Crippen LogP contribution in [0.5, 0.6) is 0 Å². The van der Waals surface area contributed by atoms with E-state index in [1.54, 1.807) is 12.3 Å². The van der Waals surface area contributed by atoms with E-state index in [1.165, 1.54) is 5.56 Å². The van der Waals surface area contributed by atoms with Gasteiger partial charge in [-0.15, -0.1) is 0 Å². The lowest BCUT2D eigenvalue weighted by Gasteiger charge is -1.85. The van der Waals surface area contributed by atoms with Gasteiger partial charge in [-0.3, -0.25) is 0 Å². The standard InChI is InChI=1S/C8H10O/c1-4-8-5-9-7(3)6(8)2/h4-5H,1H2,2-3H3. The van der Waals surface area contributed by atoms with E-state index in [9.17, 15) is 0 Å². The average molecular weight is 122 g/mol. The molecule has 1 rings (SSSR count). The first kappa shape index (κ1) is 6.14. The highest BCUT2D eigenvalue weighted by Gasteiger charge is 1.99. The molecule has 9 heavy (non-hydrogen) atoms. The summed E-state index contributed by atoms with van der Waals surface area (Å²) in [6.45, 7) is 7.62. The third-order valence-corrected chi connectivity index (χ3v) is 1.54. The smallest absolute Gasteiger partial charge is 0.104 e. The third-order valence-electron chi connectivity index (χ3n) is 1.54. The molecule has 0 saturated carbocycles. The van der Waals surface area contributed by atoms with Crippen LogP contribution in [0.4, 0.5) is 0 Å². The fourth-order valence-electron chi connectivity index (χ4n) is 0.733. The first-order valence-corrected chi connectivity index (χ1v) is 2.93. The van der Waals surface area contributed by atoms with Gasteiger partial charge in [0.1, 0.15) is 5.76 Å². The highest BCUT2D eigenvalue weighted by molar-refractivity contribution is 5.50. The van der Waals surface area contributed by atoms with Gasteiger partial charge in [-0.05, 0) is 19.4 Å². The number of aryl methyl sites for hydroxylation is 1. The zero-order chi connectivity index (χ0) is 6.85. The first-order valence-electron chi connectivity index (χ1n) is 2.93. The molecule has 1 aromatic heterocycles. The van der Waals surface area contributed by atoms with Crippen LogP contribution in [0.25, 0.3) is 6.08 Å². The minimum atomic E-state index is 0.977. The molecule has 0 unspecified atom stereocenters. The third kappa shape index (κ3) is 0.900. The summed E-state index contributed by atoms with van der Waals surface area (Å²) in [7, 11) is 0. The Balaban J connectivity index is 3.18. The Bertz CT molecular complexity index is 220. The maximum absolute atomic E-state index is 5.11. The summed E-state index contributed by atoms with van der Waals surface area (Å²) in [5, 5.41) is 0. The van der Waals surface area contributed by atoms with E-state index in [-0.39, 0.29) is 0 Å². The molecule has 0 aromatic carbocycles. The van der Waals surface area contributed by atoms with Gasteiger partial charge in [0.05, 0.1) is 6.26 Å². The minimum absolute atomic E-state index is 0.977. The first-order chi connectivity index (χ1) is 4.25. The van der Waals surface area contributed by atoms with Crippen molar-refractivity contribution < 1.29 is 4.42 Å². The van der Waals surface area contributed by atoms with E-state index in [0.717, 1.165) is 11.3 Å². The van der Waals surface area contributed by atoms with E-state index in [1.807, 2.05) is 13.8 Å². The van der Waals surface area contributed by atoms with Crippen molar-refractivity contribution in [3.05, 3.63) is 29.7 Å². The molecular weight excluding hydrogens is 112 g/mol. The van der Waals surface area contributed by atoms with Crippen molar-refractivity contribution in [3.63, 3.8) is 0 Å². The Morgan fingerprint density at radius 2 is 2.22 bits per heavy atom. The van der Waals surface area contributed by atoms with Gasteiger partial charge < -0.3 is 4.42 Å². The van der Waals surface area contributed by atoms with Gasteiger partial charge in [-0.2, -0.15) is 0 Å². The molecule has 0 atom stereocenters. The van der Waals surface area contributed by atoms with Crippen LogP contribution in [0.3, 0.4) is 0 Å². The molecule has 0 N–H and O–H groups in total. The quantitative estimate of drug-likeness (QED) is 0.558. The molecule has 1 aromatic rings. The van der Waals surface area contributed by atoms with E-state index in [4.69, 9.17) is 4.42 Å². The molecule has 0 aliphatic rings.